The van der Waals surface area contributed by atoms with Crippen molar-refractivity contribution in [2.45, 2.75) is 51.3 Å². The van der Waals surface area contributed by atoms with Crippen LogP contribution in [-0.4, -0.2) is 9.75 Å². The zero-order chi connectivity index (χ0) is 9.00. The van der Waals surface area contributed by atoms with Gasteiger partial charge < -0.3 is 0 Å². The van der Waals surface area contributed by atoms with Gasteiger partial charge in [0.25, 0.3) is 0 Å². The third-order valence-electron chi connectivity index (χ3n) is 0. The molecule has 0 nitrogen and oxygen atoms in total. The van der Waals surface area contributed by atoms with Crippen molar-refractivity contribution in [1.82, 2.24) is 0 Å². The first kappa shape index (κ1) is 13.2. The number of hydrogen-bond acceptors (Lipinski definition) is 0. The molecule has 0 aromatic heterocycles. The number of halogens is 2. The predicted molar refractivity (Wildman–Crippen MR) is 51.2 cm³/mol. The molecule has 0 aliphatic heterocycles. The highest BCUT2D eigenvalue weighted by Crippen LogP contribution is 2.08. The van der Waals surface area contributed by atoms with Gasteiger partial charge in [-0.05, 0) is 41.5 Å². The quantitative estimate of drug-likeness (QED) is 0.499. The summed E-state index contributed by atoms with van der Waals surface area (Å²) in [4.78, 5) is -0.0556. The fourth-order valence-corrected chi connectivity index (χ4v) is 0. The molecule has 0 amide bonds. The summed E-state index contributed by atoms with van der Waals surface area (Å²) in [5.41, 5.74) is 0. The Hall–Kier alpha value is 0.580. The minimum absolute atomic E-state index is 0.0278. The van der Waals surface area contributed by atoms with Gasteiger partial charge in [-0.3, -0.25) is 0 Å². The van der Waals surface area contributed by atoms with Gasteiger partial charge >= 0.3 is 0 Å². The minimum atomic E-state index is -0.0278. The van der Waals surface area contributed by atoms with Crippen LogP contribution >= 0.6 is 23.2 Å². The summed E-state index contributed by atoms with van der Waals surface area (Å²) in [6, 6.07) is 0. The normalized spacial score (nSPS) is 12.0. The lowest BCUT2D eigenvalue weighted by Crippen LogP contribution is -1.99. The van der Waals surface area contributed by atoms with Crippen molar-refractivity contribution in [3.63, 3.8) is 0 Å². The minimum Gasteiger partial charge on any atom is -0.120 e. The van der Waals surface area contributed by atoms with Crippen LogP contribution in [0.4, 0.5) is 0 Å². The van der Waals surface area contributed by atoms with Crippen molar-refractivity contribution in [1.29, 1.82) is 0 Å². The average molecular weight is 185 g/mol. The first-order valence-corrected chi connectivity index (χ1v) is 4.13. The number of alkyl halides is 2. The van der Waals surface area contributed by atoms with Gasteiger partial charge in [0.1, 0.15) is 0 Å². The molecule has 0 spiro atoms. The van der Waals surface area contributed by atoms with Crippen LogP contribution in [0.2, 0.25) is 0 Å². The summed E-state index contributed by atoms with van der Waals surface area (Å²) >= 11 is 11.1. The van der Waals surface area contributed by atoms with Crippen molar-refractivity contribution in [2.75, 3.05) is 0 Å². The fraction of sp³-hybridized carbons (Fsp3) is 1.00. The SMILES string of the molecule is CC(C)(C)Cl.CC(C)(C)Cl. The molecule has 0 unspecified atom stereocenters. The van der Waals surface area contributed by atoms with Gasteiger partial charge in [0, 0.05) is 9.75 Å². The molecular weight excluding hydrogens is 167 g/mol. The Morgan fingerprint density at radius 1 is 0.600 bits per heavy atom. The van der Waals surface area contributed by atoms with Crippen LogP contribution in [0.25, 0.3) is 0 Å². The van der Waals surface area contributed by atoms with Crippen molar-refractivity contribution in [3.05, 3.63) is 0 Å². The van der Waals surface area contributed by atoms with Gasteiger partial charge in [0.2, 0.25) is 0 Å². The van der Waals surface area contributed by atoms with Gasteiger partial charge in [0.05, 0.1) is 0 Å². The first-order chi connectivity index (χ1) is 4.00. The van der Waals surface area contributed by atoms with Gasteiger partial charge in [-0.2, -0.15) is 0 Å². The summed E-state index contributed by atoms with van der Waals surface area (Å²) in [6.07, 6.45) is 0. The molecule has 0 saturated carbocycles. The van der Waals surface area contributed by atoms with E-state index in [9.17, 15) is 0 Å². The van der Waals surface area contributed by atoms with Gasteiger partial charge in [-0.25, -0.2) is 0 Å². The van der Waals surface area contributed by atoms with Gasteiger partial charge in [0.15, 0.2) is 0 Å². The average Bonchev–Trinajstić information content (AvgIpc) is 1.12. The maximum Gasteiger partial charge on any atom is 0.0362 e. The summed E-state index contributed by atoms with van der Waals surface area (Å²) in [7, 11) is 0. The van der Waals surface area contributed by atoms with Crippen LogP contribution in [0.5, 0.6) is 0 Å². The van der Waals surface area contributed by atoms with Gasteiger partial charge in [-0.15, -0.1) is 23.2 Å². The van der Waals surface area contributed by atoms with E-state index in [1.807, 2.05) is 41.5 Å². The number of hydrogen-bond donors (Lipinski definition) is 0. The van der Waals surface area contributed by atoms with Crippen molar-refractivity contribution in [2.24, 2.45) is 0 Å². The molecule has 0 aliphatic rings. The Morgan fingerprint density at radius 2 is 0.600 bits per heavy atom. The second-order valence-corrected chi connectivity index (χ2v) is 6.40. The van der Waals surface area contributed by atoms with Crippen LogP contribution in [0.1, 0.15) is 41.5 Å². The smallest absolute Gasteiger partial charge is 0.0362 e. The predicted octanol–water partition coefficient (Wildman–Crippen LogP) is 4.05. The van der Waals surface area contributed by atoms with Gasteiger partial charge in [-0.1, -0.05) is 0 Å². The molecule has 0 aliphatic carbocycles. The number of rotatable bonds is 0. The highest BCUT2D eigenvalue weighted by atomic mass is 35.5. The Bertz CT molecular complexity index is 50.2. The standard InChI is InChI=1S/2C4H9Cl/c2*1-4(2,3)5/h2*1-3H3. The van der Waals surface area contributed by atoms with E-state index in [0.29, 0.717) is 0 Å². The maximum absolute atomic E-state index is 5.53. The van der Waals surface area contributed by atoms with E-state index in [-0.39, 0.29) is 9.75 Å². The molecule has 10 heavy (non-hydrogen) atoms. The zero-order valence-electron chi connectivity index (χ0n) is 7.76. The molecule has 0 radical (unpaired) electrons. The van der Waals surface area contributed by atoms with E-state index in [4.69, 9.17) is 23.2 Å². The lowest BCUT2D eigenvalue weighted by Gasteiger charge is -2.01. The third kappa shape index (κ3) is 1470. The molecule has 64 valence electrons. The highest BCUT2D eigenvalue weighted by molar-refractivity contribution is 6.23. The topological polar surface area (TPSA) is 0 Å². The summed E-state index contributed by atoms with van der Waals surface area (Å²) in [5.74, 6) is 0. The second-order valence-electron chi connectivity index (χ2n) is 4.13. The molecule has 0 atom stereocenters. The van der Waals surface area contributed by atoms with Crippen LogP contribution in [0.15, 0.2) is 0 Å². The fourth-order valence-electron chi connectivity index (χ4n) is 0. The summed E-state index contributed by atoms with van der Waals surface area (Å²) < 4.78 is 0. The largest absolute Gasteiger partial charge is 0.120 e. The van der Waals surface area contributed by atoms with Crippen LogP contribution in [0.3, 0.4) is 0 Å². The van der Waals surface area contributed by atoms with E-state index in [1.165, 1.54) is 0 Å². The molecule has 0 fully saturated rings. The van der Waals surface area contributed by atoms with Crippen LogP contribution < -0.4 is 0 Å². The maximum atomic E-state index is 5.53. The Morgan fingerprint density at radius 3 is 0.600 bits per heavy atom. The molecule has 0 rings (SSSR count). The Balaban J connectivity index is 0. The lowest BCUT2D eigenvalue weighted by molar-refractivity contribution is 0.787. The highest BCUT2D eigenvalue weighted by Gasteiger charge is 1.99. The second kappa shape index (κ2) is 4.46. The molecule has 0 heterocycles. The molecular formula is C8H18Cl2. The molecule has 0 aromatic rings. The van der Waals surface area contributed by atoms with E-state index < -0.39 is 0 Å². The lowest BCUT2D eigenvalue weighted by atomic mass is 10.3. The van der Waals surface area contributed by atoms with Crippen molar-refractivity contribution in [3.8, 4) is 0 Å². The zero-order valence-corrected chi connectivity index (χ0v) is 9.27. The summed E-state index contributed by atoms with van der Waals surface area (Å²) in [6.45, 7) is 11.7. The molecule has 0 aromatic carbocycles. The molecule has 0 N–H and O–H groups in total. The van der Waals surface area contributed by atoms with E-state index in [2.05, 4.69) is 0 Å². The molecule has 0 bridgehead atoms. The molecule has 2 heteroatoms. The van der Waals surface area contributed by atoms with Crippen LogP contribution in [-0.2, 0) is 0 Å². The first-order valence-electron chi connectivity index (χ1n) is 3.38. The molecule has 0 saturated heterocycles. The monoisotopic (exact) mass is 184 g/mol. The Labute approximate surface area is 74.9 Å². The third-order valence-corrected chi connectivity index (χ3v) is 0. The van der Waals surface area contributed by atoms with Crippen molar-refractivity contribution >= 4 is 23.2 Å². The Kier molecular flexibility index (Phi) is 5.88. The van der Waals surface area contributed by atoms with Crippen molar-refractivity contribution < 1.29 is 0 Å². The van der Waals surface area contributed by atoms with E-state index in [1.54, 1.807) is 0 Å². The van der Waals surface area contributed by atoms with Crippen LogP contribution in [0, 0.1) is 0 Å². The van der Waals surface area contributed by atoms with E-state index >= 15 is 0 Å². The van der Waals surface area contributed by atoms with E-state index in [0.717, 1.165) is 0 Å². The summed E-state index contributed by atoms with van der Waals surface area (Å²) in [5, 5.41) is 0.